The van der Waals surface area contributed by atoms with Crippen LogP contribution < -0.4 is 10.6 Å². The summed E-state index contributed by atoms with van der Waals surface area (Å²) < 4.78 is 4.95. The van der Waals surface area contributed by atoms with Crippen LogP contribution in [0.1, 0.15) is 28.6 Å². The Morgan fingerprint density at radius 2 is 1.91 bits per heavy atom. The van der Waals surface area contributed by atoms with Gasteiger partial charge in [0.05, 0.1) is 18.9 Å². The molecule has 2 rings (SSSR count). The van der Waals surface area contributed by atoms with Crippen molar-refractivity contribution >= 4 is 11.8 Å². The molecule has 1 aromatic carbocycles. The van der Waals surface area contributed by atoms with Crippen LogP contribution in [-0.4, -0.2) is 30.1 Å². The molecule has 2 amide bonds. The van der Waals surface area contributed by atoms with Crippen LogP contribution in [0.2, 0.25) is 0 Å². The van der Waals surface area contributed by atoms with Crippen molar-refractivity contribution in [2.75, 3.05) is 13.2 Å². The lowest BCUT2D eigenvalue weighted by Gasteiger charge is -2.16. The normalized spacial score (nSPS) is 11.7. The van der Waals surface area contributed by atoms with E-state index >= 15 is 0 Å². The van der Waals surface area contributed by atoms with Crippen molar-refractivity contribution in [3.63, 3.8) is 0 Å². The summed E-state index contributed by atoms with van der Waals surface area (Å²) in [4.78, 5) is 23.5. The summed E-state index contributed by atoms with van der Waals surface area (Å²) in [6.45, 7) is 0.00676. The Hall–Kier alpha value is -2.60. The molecule has 0 spiro atoms. The van der Waals surface area contributed by atoms with Crippen molar-refractivity contribution in [2.45, 2.75) is 12.5 Å². The van der Waals surface area contributed by atoms with Crippen molar-refractivity contribution in [2.24, 2.45) is 0 Å². The molecule has 0 saturated carbocycles. The van der Waals surface area contributed by atoms with Gasteiger partial charge in [0.1, 0.15) is 0 Å². The van der Waals surface area contributed by atoms with Gasteiger partial charge >= 0.3 is 0 Å². The molecule has 1 aromatic heterocycles. The van der Waals surface area contributed by atoms with Crippen molar-refractivity contribution in [1.29, 1.82) is 0 Å². The highest BCUT2D eigenvalue weighted by Gasteiger charge is 2.14. The number of hydrogen-bond donors (Lipinski definition) is 3. The molecule has 3 N–H and O–H groups in total. The van der Waals surface area contributed by atoms with E-state index in [0.717, 1.165) is 5.56 Å². The summed E-state index contributed by atoms with van der Waals surface area (Å²) in [7, 11) is 0. The first kappa shape index (κ1) is 15.8. The zero-order chi connectivity index (χ0) is 15.8. The highest BCUT2D eigenvalue weighted by atomic mass is 16.3. The smallest absolute Gasteiger partial charge is 0.286 e. The number of amides is 2. The highest BCUT2D eigenvalue weighted by Crippen LogP contribution is 2.11. The average molecular weight is 302 g/mol. The van der Waals surface area contributed by atoms with Crippen LogP contribution in [0, 0.1) is 0 Å². The van der Waals surface area contributed by atoms with E-state index in [2.05, 4.69) is 10.6 Å². The summed E-state index contributed by atoms with van der Waals surface area (Å²) in [5.41, 5.74) is 0.831. The zero-order valence-corrected chi connectivity index (χ0v) is 12.0. The third-order valence-electron chi connectivity index (χ3n) is 3.10. The third-order valence-corrected chi connectivity index (χ3v) is 3.10. The third kappa shape index (κ3) is 4.46. The molecule has 6 nitrogen and oxygen atoms in total. The second kappa shape index (κ2) is 7.99. The summed E-state index contributed by atoms with van der Waals surface area (Å²) >= 11 is 0. The first-order valence-electron chi connectivity index (χ1n) is 6.97. The number of carbonyl (C=O) groups excluding carboxylic acids is 2. The minimum Gasteiger partial charge on any atom is -0.459 e. The number of aliphatic hydroxyl groups excluding tert-OH is 1. The van der Waals surface area contributed by atoms with E-state index in [1.165, 1.54) is 6.26 Å². The lowest BCUT2D eigenvalue weighted by Crippen LogP contribution is -2.34. The SMILES string of the molecule is O=C(CCNC(=O)c1ccco1)N[C@H](CO)c1ccccc1. The maximum absolute atomic E-state index is 11.9. The Bertz CT molecular complexity index is 596. The molecule has 0 unspecified atom stereocenters. The fourth-order valence-electron chi connectivity index (χ4n) is 1.97. The molecule has 1 heterocycles. The van der Waals surface area contributed by atoms with E-state index in [-0.39, 0.29) is 37.1 Å². The predicted octanol–water partition coefficient (Wildman–Crippen LogP) is 1.25. The van der Waals surface area contributed by atoms with Gasteiger partial charge in [-0.2, -0.15) is 0 Å². The molecule has 116 valence electrons. The van der Waals surface area contributed by atoms with Crippen molar-refractivity contribution in [3.8, 4) is 0 Å². The number of carbonyl (C=O) groups is 2. The zero-order valence-electron chi connectivity index (χ0n) is 12.0. The molecular formula is C16H18N2O4. The second-order valence-corrected chi connectivity index (χ2v) is 4.70. The standard InChI is InChI=1S/C16H18N2O4/c19-11-13(12-5-2-1-3-6-12)18-15(20)8-9-17-16(21)14-7-4-10-22-14/h1-7,10,13,19H,8-9,11H2,(H,17,21)(H,18,20)/t13-/m1/s1. The molecule has 0 aliphatic heterocycles. The highest BCUT2D eigenvalue weighted by molar-refractivity contribution is 5.91. The Balaban J connectivity index is 1.76. The van der Waals surface area contributed by atoms with Crippen molar-refractivity contribution < 1.29 is 19.1 Å². The molecule has 0 aliphatic rings. The summed E-state index contributed by atoms with van der Waals surface area (Å²) in [5.74, 6) is -0.403. The maximum atomic E-state index is 11.9. The molecule has 0 radical (unpaired) electrons. The van der Waals surface area contributed by atoms with Gasteiger partial charge in [-0.15, -0.1) is 0 Å². The topological polar surface area (TPSA) is 91.6 Å². The fraction of sp³-hybridized carbons (Fsp3) is 0.250. The van der Waals surface area contributed by atoms with Gasteiger partial charge in [-0.3, -0.25) is 9.59 Å². The molecule has 0 aliphatic carbocycles. The van der Waals surface area contributed by atoms with Gasteiger partial charge in [0, 0.05) is 13.0 Å². The number of benzene rings is 1. The van der Waals surface area contributed by atoms with E-state index < -0.39 is 6.04 Å². The van der Waals surface area contributed by atoms with Gasteiger partial charge in [0.15, 0.2) is 5.76 Å². The summed E-state index contributed by atoms with van der Waals surface area (Å²) in [5, 5.41) is 14.7. The number of nitrogens with one attached hydrogen (secondary N) is 2. The summed E-state index contributed by atoms with van der Waals surface area (Å²) in [6, 6.07) is 11.9. The lowest BCUT2D eigenvalue weighted by molar-refractivity contribution is -0.122. The molecule has 0 saturated heterocycles. The monoisotopic (exact) mass is 302 g/mol. The largest absolute Gasteiger partial charge is 0.459 e. The van der Waals surface area contributed by atoms with Gasteiger partial charge < -0.3 is 20.2 Å². The minimum absolute atomic E-state index is 0.121. The van der Waals surface area contributed by atoms with Crippen LogP contribution in [0.3, 0.4) is 0 Å². The Kier molecular flexibility index (Phi) is 5.73. The predicted molar refractivity (Wildman–Crippen MR) is 80.1 cm³/mol. The van der Waals surface area contributed by atoms with Crippen molar-refractivity contribution in [3.05, 3.63) is 60.1 Å². The van der Waals surface area contributed by atoms with Gasteiger partial charge in [-0.25, -0.2) is 0 Å². The Morgan fingerprint density at radius 1 is 1.14 bits per heavy atom. The van der Waals surface area contributed by atoms with E-state index in [9.17, 15) is 14.7 Å². The number of furan rings is 1. The molecule has 2 aromatic rings. The van der Waals surface area contributed by atoms with E-state index in [1.807, 2.05) is 30.3 Å². The van der Waals surface area contributed by atoms with Gasteiger partial charge in [0.25, 0.3) is 5.91 Å². The quantitative estimate of drug-likeness (QED) is 0.718. The average Bonchev–Trinajstić information content (AvgIpc) is 3.08. The van der Waals surface area contributed by atoms with Gasteiger partial charge in [-0.05, 0) is 17.7 Å². The lowest BCUT2D eigenvalue weighted by atomic mass is 10.1. The molecule has 6 heteroatoms. The van der Waals surface area contributed by atoms with E-state index in [1.54, 1.807) is 12.1 Å². The number of rotatable bonds is 7. The molecule has 1 atom stereocenters. The molecule has 0 bridgehead atoms. The van der Waals surface area contributed by atoms with Crippen LogP contribution in [-0.2, 0) is 4.79 Å². The first-order chi connectivity index (χ1) is 10.7. The number of aliphatic hydroxyl groups is 1. The van der Waals surface area contributed by atoms with Gasteiger partial charge in [0.2, 0.25) is 5.91 Å². The second-order valence-electron chi connectivity index (χ2n) is 4.70. The van der Waals surface area contributed by atoms with Crippen molar-refractivity contribution in [1.82, 2.24) is 10.6 Å². The minimum atomic E-state index is -0.450. The first-order valence-corrected chi connectivity index (χ1v) is 6.97. The van der Waals surface area contributed by atoms with Crippen LogP contribution in [0.25, 0.3) is 0 Å². The molecule has 0 fully saturated rings. The fourth-order valence-corrected chi connectivity index (χ4v) is 1.97. The van der Waals surface area contributed by atoms with E-state index in [4.69, 9.17) is 4.42 Å². The van der Waals surface area contributed by atoms with Crippen LogP contribution in [0.4, 0.5) is 0 Å². The van der Waals surface area contributed by atoms with Crippen LogP contribution in [0.5, 0.6) is 0 Å². The summed E-state index contributed by atoms with van der Waals surface area (Å²) in [6.07, 6.45) is 1.53. The van der Waals surface area contributed by atoms with Crippen LogP contribution >= 0.6 is 0 Å². The number of hydrogen-bond acceptors (Lipinski definition) is 4. The Labute approximate surface area is 128 Å². The van der Waals surface area contributed by atoms with Crippen LogP contribution in [0.15, 0.2) is 53.1 Å². The van der Waals surface area contributed by atoms with E-state index in [0.29, 0.717) is 0 Å². The van der Waals surface area contributed by atoms with Gasteiger partial charge in [-0.1, -0.05) is 30.3 Å². The maximum Gasteiger partial charge on any atom is 0.286 e. The Morgan fingerprint density at radius 3 is 2.55 bits per heavy atom. The molecule has 22 heavy (non-hydrogen) atoms. The molecular weight excluding hydrogens is 284 g/mol.